The van der Waals surface area contributed by atoms with Gasteiger partial charge in [0.05, 0.1) is 11.3 Å². The smallest absolute Gasteiger partial charge is 0.342 e. The van der Waals surface area contributed by atoms with E-state index in [2.05, 4.69) is 19.8 Å². The van der Waals surface area contributed by atoms with Crippen LogP contribution in [0.15, 0.2) is 24.3 Å². The molecule has 2 fully saturated rings. The van der Waals surface area contributed by atoms with Crippen LogP contribution in [0.25, 0.3) is 11.4 Å². The summed E-state index contributed by atoms with van der Waals surface area (Å²) in [6.07, 6.45) is 0.397. The average molecular weight is 420 g/mol. The van der Waals surface area contributed by atoms with Gasteiger partial charge in [0.2, 0.25) is 5.91 Å². The quantitative estimate of drug-likeness (QED) is 0.799. The third-order valence-electron chi connectivity index (χ3n) is 6.20. The lowest BCUT2D eigenvalue weighted by molar-refractivity contribution is -0.138. The van der Waals surface area contributed by atoms with Gasteiger partial charge in [-0.05, 0) is 44.7 Å². The van der Waals surface area contributed by atoms with Crippen molar-refractivity contribution in [1.82, 2.24) is 19.8 Å². The molecule has 4 rings (SSSR count). The van der Waals surface area contributed by atoms with Crippen molar-refractivity contribution in [2.45, 2.75) is 57.8 Å². The molecule has 0 aliphatic carbocycles. The fraction of sp³-hybridized carbons (Fsp3) is 0.545. The number of benzene rings is 1. The van der Waals surface area contributed by atoms with Crippen LogP contribution in [0.3, 0.4) is 0 Å². The number of amides is 1. The molecule has 2 aliphatic heterocycles. The molecule has 0 unspecified atom stereocenters. The summed E-state index contributed by atoms with van der Waals surface area (Å²) >= 11 is 0. The van der Waals surface area contributed by atoms with Gasteiger partial charge in [-0.25, -0.2) is 4.98 Å². The zero-order valence-corrected chi connectivity index (χ0v) is 17.1. The Morgan fingerprint density at radius 1 is 1.10 bits per heavy atom. The van der Waals surface area contributed by atoms with Crippen LogP contribution in [-0.4, -0.2) is 51.4 Å². The average Bonchev–Trinajstić information content (AvgIpc) is 3.09. The highest BCUT2D eigenvalue weighted by atomic mass is 19.4. The largest absolute Gasteiger partial charge is 0.416 e. The molecule has 3 heterocycles. The first-order valence-corrected chi connectivity index (χ1v) is 10.6. The minimum atomic E-state index is -4.34. The number of piperidine rings is 2. The van der Waals surface area contributed by atoms with Crippen molar-refractivity contribution < 1.29 is 18.0 Å². The molecule has 0 radical (unpaired) electrons. The topological polar surface area (TPSA) is 52.2 Å². The van der Waals surface area contributed by atoms with Gasteiger partial charge in [0.1, 0.15) is 5.82 Å². The summed E-state index contributed by atoms with van der Waals surface area (Å²) in [5.41, 5.74) is 1.82. The number of hydrogen-bond acceptors (Lipinski definition) is 3. The van der Waals surface area contributed by atoms with E-state index >= 15 is 0 Å². The summed E-state index contributed by atoms with van der Waals surface area (Å²) in [5.74, 6) is 0.883. The van der Waals surface area contributed by atoms with E-state index in [1.807, 2.05) is 6.92 Å². The molecule has 8 heteroatoms. The molecule has 0 bridgehead atoms. The molecule has 162 valence electrons. The van der Waals surface area contributed by atoms with Crippen LogP contribution in [-0.2, 0) is 17.5 Å². The highest BCUT2D eigenvalue weighted by Crippen LogP contribution is 2.31. The fourth-order valence-electron chi connectivity index (χ4n) is 4.42. The molecule has 1 N–H and O–H groups in total. The summed E-state index contributed by atoms with van der Waals surface area (Å²) in [6, 6.07) is 5.41. The van der Waals surface area contributed by atoms with Crippen LogP contribution < -0.4 is 0 Å². The van der Waals surface area contributed by atoms with E-state index in [4.69, 9.17) is 0 Å². The third-order valence-corrected chi connectivity index (χ3v) is 6.20. The molecule has 0 saturated carbocycles. The van der Waals surface area contributed by atoms with E-state index in [1.54, 1.807) is 0 Å². The SMILES string of the molecule is Cc1[nH]c(-c2ccc(C(F)(F)F)cc2)nc1CN1CCC(N2CCCCC2=O)CC1. The van der Waals surface area contributed by atoms with Crippen LogP contribution >= 0.6 is 0 Å². The highest BCUT2D eigenvalue weighted by Gasteiger charge is 2.31. The normalized spacial score (nSPS) is 19.5. The van der Waals surface area contributed by atoms with E-state index < -0.39 is 11.7 Å². The Kier molecular flexibility index (Phi) is 5.86. The number of nitrogens with zero attached hydrogens (tertiary/aromatic N) is 3. The molecular weight excluding hydrogens is 393 g/mol. The number of rotatable bonds is 4. The second kappa shape index (κ2) is 8.41. The molecule has 30 heavy (non-hydrogen) atoms. The minimum Gasteiger partial charge on any atom is -0.342 e. The van der Waals surface area contributed by atoms with Crippen LogP contribution in [0.2, 0.25) is 0 Å². The second-order valence-corrected chi connectivity index (χ2v) is 8.28. The number of imidazole rings is 1. The van der Waals surface area contributed by atoms with Gasteiger partial charge in [-0.15, -0.1) is 0 Å². The zero-order chi connectivity index (χ0) is 21.3. The van der Waals surface area contributed by atoms with Gasteiger partial charge in [0.15, 0.2) is 0 Å². The summed E-state index contributed by atoms with van der Waals surface area (Å²) in [7, 11) is 0. The van der Waals surface area contributed by atoms with E-state index in [1.165, 1.54) is 12.1 Å². The Morgan fingerprint density at radius 3 is 2.43 bits per heavy atom. The van der Waals surface area contributed by atoms with Gasteiger partial charge in [-0.2, -0.15) is 13.2 Å². The maximum Gasteiger partial charge on any atom is 0.416 e. The van der Waals surface area contributed by atoms with Gasteiger partial charge in [0, 0.05) is 49.9 Å². The Labute approximate surface area is 174 Å². The van der Waals surface area contributed by atoms with Crippen molar-refractivity contribution in [2.75, 3.05) is 19.6 Å². The molecule has 5 nitrogen and oxygen atoms in total. The van der Waals surface area contributed by atoms with Crippen molar-refractivity contribution in [3.05, 3.63) is 41.2 Å². The number of alkyl halides is 3. The molecular formula is C22H27F3N4O. The Morgan fingerprint density at radius 2 is 1.80 bits per heavy atom. The number of H-pyrrole nitrogens is 1. The summed E-state index contributed by atoms with van der Waals surface area (Å²) in [5, 5.41) is 0. The minimum absolute atomic E-state index is 0.295. The predicted octanol–water partition coefficient (Wildman–Crippen LogP) is 4.38. The Hall–Kier alpha value is -2.35. The number of carbonyl (C=O) groups excluding carboxylic acids is 1. The van der Waals surface area contributed by atoms with Gasteiger partial charge in [-0.1, -0.05) is 12.1 Å². The van der Waals surface area contributed by atoms with Gasteiger partial charge < -0.3 is 9.88 Å². The number of aromatic amines is 1. The van der Waals surface area contributed by atoms with Gasteiger partial charge >= 0.3 is 6.18 Å². The van der Waals surface area contributed by atoms with Crippen molar-refractivity contribution in [3.8, 4) is 11.4 Å². The molecule has 2 aromatic rings. The number of aromatic nitrogens is 2. The summed E-state index contributed by atoms with van der Waals surface area (Å²) in [6.45, 7) is 5.35. The van der Waals surface area contributed by atoms with E-state index in [0.29, 0.717) is 36.3 Å². The number of hydrogen-bond donors (Lipinski definition) is 1. The van der Waals surface area contributed by atoms with Gasteiger partial charge in [-0.3, -0.25) is 9.69 Å². The van der Waals surface area contributed by atoms with Crippen molar-refractivity contribution in [2.24, 2.45) is 0 Å². The van der Waals surface area contributed by atoms with Crippen molar-refractivity contribution >= 4 is 5.91 Å². The van der Waals surface area contributed by atoms with E-state index in [9.17, 15) is 18.0 Å². The van der Waals surface area contributed by atoms with Gasteiger partial charge in [0.25, 0.3) is 0 Å². The lowest BCUT2D eigenvalue weighted by atomic mass is 9.99. The summed E-state index contributed by atoms with van der Waals surface area (Å²) < 4.78 is 38.3. The number of likely N-dealkylation sites (tertiary alicyclic amines) is 2. The number of carbonyl (C=O) groups is 1. The first-order chi connectivity index (χ1) is 14.3. The first kappa shape index (κ1) is 20.9. The van der Waals surface area contributed by atoms with Crippen LogP contribution in [0, 0.1) is 6.92 Å². The first-order valence-electron chi connectivity index (χ1n) is 10.6. The Balaban J connectivity index is 1.37. The molecule has 0 spiro atoms. The zero-order valence-electron chi connectivity index (χ0n) is 17.1. The molecule has 0 atom stereocenters. The fourth-order valence-corrected chi connectivity index (χ4v) is 4.42. The standard InChI is InChI=1S/C22H27F3N4O/c1-15-19(27-21(26-15)16-5-7-17(8-6-16)22(23,24)25)14-28-12-9-18(10-13-28)29-11-3-2-4-20(29)30/h5-8,18H,2-4,9-14H2,1H3,(H,26,27). The van der Waals surface area contributed by atoms with Crippen molar-refractivity contribution in [1.29, 1.82) is 0 Å². The highest BCUT2D eigenvalue weighted by molar-refractivity contribution is 5.77. The third kappa shape index (κ3) is 4.53. The van der Waals surface area contributed by atoms with E-state index in [0.717, 1.165) is 68.8 Å². The predicted molar refractivity (Wildman–Crippen MR) is 108 cm³/mol. The maximum atomic E-state index is 12.8. The Bertz CT molecular complexity index is 883. The molecule has 2 saturated heterocycles. The maximum absolute atomic E-state index is 12.8. The van der Waals surface area contributed by atoms with Crippen LogP contribution in [0.1, 0.15) is 49.1 Å². The second-order valence-electron chi connectivity index (χ2n) is 8.28. The molecule has 1 aromatic heterocycles. The van der Waals surface area contributed by atoms with Crippen molar-refractivity contribution in [3.63, 3.8) is 0 Å². The lowest BCUT2D eigenvalue weighted by Crippen LogP contribution is -2.48. The number of halogens is 3. The molecule has 1 amide bonds. The lowest BCUT2D eigenvalue weighted by Gasteiger charge is -2.40. The van der Waals surface area contributed by atoms with Crippen LogP contribution in [0.4, 0.5) is 13.2 Å². The van der Waals surface area contributed by atoms with Crippen LogP contribution in [0.5, 0.6) is 0 Å². The number of nitrogens with one attached hydrogen (secondary N) is 1. The summed E-state index contributed by atoms with van der Waals surface area (Å²) in [4.78, 5) is 24.4. The molecule has 2 aliphatic rings. The van der Waals surface area contributed by atoms with E-state index in [-0.39, 0.29) is 0 Å². The monoisotopic (exact) mass is 420 g/mol. The molecule has 1 aromatic carbocycles. The number of aryl methyl sites for hydroxylation is 1.